The Labute approximate surface area is 132 Å². The van der Waals surface area contributed by atoms with Gasteiger partial charge in [-0.1, -0.05) is 29.3 Å². The Balaban J connectivity index is 1.53. The number of hydrogen-bond donors (Lipinski definition) is 2. The van der Waals surface area contributed by atoms with Crippen LogP contribution in [0.25, 0.3) is 0 Å². The van der Waals surface area contributed by atoms with Crippen LogP contribution < -0.4 is 5.32 Å². The molecule has 0 radical (unpaired) electrons. The van der Waals surface area contributed by atoms with Crippen molar-refractivity contribution in [3.05, 3.63) is 33.8 Å². The zero-order valence-electron chi connectivity index (χ0n) is 11.2. The monoisotopic (exact) mass is 327 g/mol. The second-order valence-corrected chi connectivity index (χ2v) is 6.67. The molecular formula is C15H15Cl2NO3. The highest BCUT2D eigenvalue weighted by Crippen LogP contribution is 2.50. The first-order valence-electron chi connectivity index (χ1n) is 6.94. The molecule has 112 valence electrons. The SMILES string of the molecule is O=C(O)C1CC(NC(=O)C2CC2c2ccc(Cl)cc2Cl)C1. The summed E-state index contributed by atoms with van der Waals surface area (Å²) in [7, 11) is 0. The zero-order valence-corrected chi connectivity index (χ0v) is 12.7. The largest absolute Gasteiger partial charge is 0.481 e. The van der Waals surface area contributed by atoms with E-state index >= 15 is 0 Å². The van der Waals surface area contributed by atoms with E-state index in [1.54, 1.807) is 12.1 Å². The van der Waals surface area contributed by atoms with Gasteiger partial charge in [-0.15, -0.1) is 0 Å². The number of halogens is 2. The fourth-order valence-electron chi connectivity index (χ4n) is 2.88. The van der Waals surface area contributed by atoms with Crippen LogP contribution in [-0.4, -0.2) is 23.0 Å². The van der Waals surface area contributed by atoms with Gasteiger partial charge in [-0.25, -0.2) is 0 Å². The Morgan fingerprint density at radius 3 is 2.52 bits per heavy atom. The van der Waals surface area contributed by atoms with Gasteiger partial charge in [0.15, 0.2) is 0 Å². The topological polar surface area (TPSA) is 66.4 Å². The molecule has 1 aromatic carbocycles. The molecule has 2 fully saturated rings. The van der Waals surface area contributed by atoms with E-state index in [4.69, 9.17) is 28.3 Å². The molecule has 2 N–H and O–H groups in total. The molecule has 0 spiro atoms. The molecule has 2 saturated carbocycles. The molecule has 0 aromatic heterocycles. The summed E-state index contributed by atoms with van der Waals surface area (Å²) in [5, 5.41) is 12.9. The highest BCUT2D eigenvalue weighted by atomic mass is 35.5. The van der Waals surface area contributed by atoms with Crippen molar-refractivity contribution >= 4 is 35.1 Å². The first-order chi connectivity index (χ1) is 9.95. The highest BCUT2D eigenvalue weighted by Gasteiger charge is 2.46. The highest BCUT2D eigenvalue weighted by molar-refractivity contribution is 6.35. The summed E-state index contributed by atoms with van der Waals surface area (Å²) in [6, 6.07) is 5.33. The Kier molecular flexibility index (Phi) is 3.84. The Hall–Kier alpha value is -1.26. The number of carboxylic acid groups (broad SMARTS) is 1. The third kappa shape index (κ3) is 3.01. The van der Waals surface area contributed by atoms with Gasteiger partial charge in [-0.05, 0) is 42.9 Å². The summed E-state index contributed by atoms with van der Waals surface area (Å²) in [6.07, 6.45) is 1.84. The van der Waals surface area contributed by atoms with Crippen LogP contribution in [0.15, 0.2) is 18.2 Å². The minimum Gasteiger partial charge on any atom is -0.481 e. The van der Waals surface area contributed by atoms with Crippen molar-refractivity contribution < 1.29 is 14.7 Å². The summed E-state index contributed by atoms with van der Waals surface area (Å²) >= 11 is 12.0. The van der Waals surface area contributed by atoms with Gasteiger partial charge in [0.05, 0.1) is 5.92 Å². The molecular weight excluding hydrogens is 313 g/mol. The lowest BCUT2D eigenvalue weighted by molar-refractivity contribution is -0.146. The number of carboxylic acids is 1. The number of amides is 1. The van der Waals surface area contributed by atoms with Gasteiger partial charge in [0, 0.05) is 22.0 Å². The number of rotatable bonds is 4. The maximum absolute atomic E-state index is 12.1. The third-order valence-electron chi connectivity index (χ3n) is 4.32. The normalized spacial score (nSPS) is 30.4. The molecule has 0 bridgehead atoms. The maximum Gasteiger partial charge on any atom is 0.306 e. The lowest BCUT2D eigenvalue weighted by atomic mass is 9.80. The summed E-state index contributed by atoms with van der Waals surface area (Å²) in [4.78, 5) is 22.8. The molecule has 0 heterocycles. The number of hydrogen-bond acceptors (Lipinski definition) is 2. The quantitative estimate of drug-likeness (QED) is 0.893. The molecule has 1 amide bonds. The van der Waals surface area contributed by atoms with Crippen molar-refractivity contribution in [3.63, 3.8) is 0 Å². The van der Waals surface area contributed by atoms with Crippen molar-refractivity contribution in [2.75, 3.05) is 0 Å². The fraction of sp³-hybridized carbons (Fsp3) is 0.467. The molecule has 0 aliphatic heterocycles. The lowest BCUT2D eigenvalue weighted by Crippen LogP contribution is -2.47. The van der Waals surface area contributed by atoms with E-state index in [1.807, 2.05) is 6.07 Å². The number of nitrogens with one attached hydrogen (secondary N) is 1. The molecule has 2 unspecified atom stereocenters. The molecule has 2 atom stereocenters. The minimum absolute atomic E-state index is 0.000134. The van der Waals surface area contributed by atoms with Crippen LogP contribution in [0.1, 0.15) is 30.7 Å². The van der Waals surface area contributed by atoms with Crippen LogP contribution in [0, 0.1) is 11.8 Å². The van der Waals surface area contributed by atoms with Crippen LogP contribution in [0.5, 0.6) is 0 Å². The number of carbonyl (C=O) groups is 2. The molecule has 1 aromatic rings. The second-order valence-electron chi connectivity index (χ2n) is 5.83. The summed E-state index contributed by atoms with van der Waals surface area (Å²) in [5.41, 5.74) is 0.957. The molecule has 3 rings (SSSR count). The van der Waals surface area contributed by atoms with Gasteiger partial charge < -0.3 is 10.4 Å². The van der Waals surface area contributed by atoms with Gasteiger partial charge >= 0.3 is 5.97 Å². The van der Waals surface area contributed by atoms with Crippen LogP contribution in [0.4, 0.5) is 0 Å². The van der Waals surface area contributed by atoms with E-state index in [-0.39, 0.29) is 29.7 Å². The van der Waals surface area contributed by atoms with Gasteiger partial charge in [-0.2, -0.15) is 0 Å². The third-order valence-corrected chi connectivity index (χ3v) is 4.89. The van der Waals surface area contributed by atoms with Crippen LogP contribution in [-0.2, 0) is 9.59 Å². The van der Waals surface area contributed by atoms with E-state index in [9.17, 15) is 9.59 Å². The van der Waals surface area contributed by atoms with Crippen molar-refractivity contribution in [2.24, 2.45) is 11.8 Å². The van der Waals surface area contributed by atoms with E-state index in [0.717, 1.165) is 12.0 Å². The van der Waals surface area contributed by atoms with E-state index in [0.29, 0.717) is 22.9 Å². The van der Waals surface area contributed by atoms with Crippen molar-refractivity contribution in [1.82, 2.24) is 5.32 Å². The summed E-state index contributed by atoms with van der Waals surface area (Å²) in [5.74, 6) is -1.01. The van der Waals surface area contributed by atoms with Crippen LogP contribution >= 0.6 is 23.2 Å². The second kappa shape index (κ2) is 5.50. The Morgan fingerprint density at radius 2 is 1.90 bits per heavy atom. The standard InChI is InChI=1S/C15H15Cl2NO3/c16-8-1-2-10(13(17)5-8)11-6-12(11)14(19)18-9-3-7(4-9)15(20)21/h1-2,5,7,9,11-12H,3-4,6H2,(H,18,19)(H,20,21). The van der Waals surface area contributed by atoms with Gasteiger partial charge in [0.25, 0.3) is 0 Å². The summed E-state index contributed by atoms with van der Waals surface area (Å²) in [6.45, 7) is 0. The smallest absolute Gasteiger partial charge is 0.306 e. The Morgan fingerprint density at radius 1 is 1.19 bits per heavy atom. The predicted molar refractivity (Wildman–Crippen MR) is 79.6 cm³/mol. The molecule has 0 saturated heterocycles. The zero-order chi connectivity index (χ0) is 15.1. The van der Waals surface area contributed by atoms with Crippen molar-refractivity contribution in [3.8, 4) is 0 Å². The molecule has 4 nitrogen and oxygen atoms in total. The van der Waals surface area contributed by atoms with Gasteiger partial charge in [0.1, 0.15) is 0 Å². The molecule has 2 aliphatic carbocycles. The van der Waals surface area contributed by atoms with Crippen LogP contribution in [0.3, 0.4) is 0 Å². The average Bonchev–Trinajstić information content (AvgIpc) is 3.12. The molecule has 21 heavy (non-hydrogen) atoms. The van der Waals surface area contributed by atoms with Gasteiger partial charge in [0.2, 0.25) is 5.91 Å². The first kappa shape index (κ1) is 14.7. The van der Waals surface area contributed by atoms with E-state index in [1.165, 1.54) is 0 Å². The molecule has 2 aliphatic rings. The van der Waals surface area contributed by atoms with Crippen molar-refractivity contribution in [2.45, 2.75) is 31.2 Å². The van der Waals surface area contributed by atoms with Gasteiger partial charge in [-0.3, -0.25) is 9.59 Å². The predicted octanol–water partition coefficient (Wildman–Crippen LogP) is 3.08. The fourth-order valence-corrected chi connectivity index (χ4v) is 3.42. The van der Waals surface area contributed by atoms with Crippen LogP contribution in [0.2, 0.25) is 10.0 Å². The lowest BCUT2D eigenvalue weighted by Gasteiger charge is -2.32. The number of aliphatic carboxylic acids is 1. The van der Waals surface area contributed by atoms with E-state index in [2.05, 4.69) is 5.32 Å². The number of carbonyl (C=O) groups excluding carboxylic acids is 1. The van der Waals surface area contributed by atoms with E-state index < -0.39 is 5.97 Å². The molecule has 6 heteroatoms. The summed E-state index contributed by atoms with van der Waals surface area (Å²) < 4.78 is 0. The van der Waals surface area contributed by atoms with Crippen molar-refractivity contribution in [1.29, 1.82) is 0 Å². The first-order valence-corrected chi connectivity index (χ1v) is 7.69. The minimum atomic E-state index is -0.780. The maximum atomic E-state index is 12.1. The average molecular weight is 328 g/mol. The number of benzene rings is 1. The Bertz CT molecular complexity index is 599.